The standard InChI is InChI=1S/C11H13N4O2.Y/c1-7-10-11(13-5-12-7)15(6-14-10)9-3-2-8(4-16)17-9;/h3,5-6,8-9,16H,2,4H2,1H3;/q-1;. The molecular formula is C11H13N4O2Y-. The Kier molecular flexibility index (Phi) is 4.43. The van der Waals surface area contributed by atoms with Gasteiger partial charge in [-0.2, -0.15) is 0 Å². The number of aliphatic hydroxyl groups is 1. The van der Waals surface area contributed by atoms with Crippen molar-refractivity contribution in [2.75, 3.05) is 6.61 Å². The number of hydrogen-bond acceptors (Lipinski definition) is 5. The summed E-state index contributed by atoms with van der Waals surface area (Å²) in [5, 5.41) is 9.04. The van der Waals surface area contributed by atoms with Gasteiger partial charge in [-0.15, -0.1) is 6.42 Å². The Morgan fingerprint density at radius 3 is 3.06 bits per heavy atom. The molecule has 1 N–H and O–H groups in total. The van der Waals surface area contributed by atoms with E-state index in [1.54, 1.807) is 6.33 Å². The van der Waals surface area contributed by atoms with Crippen molar-refractivity contribution >= 4 is 11.2 Å². The van der Waals surface area contributed by atoms with Crippen molar-refractivity contribution in [3.05, 3.63) is 24.8 Å². The molecule has 0 spiro atoms. The quantitative estimate of drug-likeness (QED) is 0.821. The first-order valence-corrected chi connectivity index (χ1v) is 5.53. The van der Waals surface area contributed by atoms with E-state index in [-0.39, 0.29) is 51.6 Å². The Labute approximate surface area is 130 Å². The van der Waals surface area contributed by atoms with Crippen LogP contribution in [0.4, 0.5) is 0 Å². The summed E-state index contributed by atoms with van der Waals surface area (Å²) in [6.07, 6.45) is 5.65. The number of ether oxygens (including phenoxy) is 1. The second kappa shape index (κ2) is 5.69. The van der Waals surface area contributed by atoms with Crippen molar-refractivity contribution in [2.45, 2.75) is 25.7 Å². The molecule has 18 heavy (non-hydrogen) atoms. The number of hydrogen-bond donors (Lipinski definition) is 1. The third-order valence-corrected chi connectivity index (χ3v) is 2.95. The van der Waals surface area contributed by atoms with Crippen LogP contribution in [0, 0.1) is 13.3 Å². The molecule has 2 aromatic heterocycles. The van der Waals surface area contributed by atoms with Crippen LogP contribution >= 0.6 is 0 Å². The predicted octanol–water partition coefficient (Wildman–Crippen LogP) is 0.616. The van der Waals surface area contributed by atoms with Crippen LogP contribution in [0.2, 0.25) is 0 Å². The minimum absolute atomic E-state index is 0. The Bertz CT molecular complexity index is 545. The van der Waals surface area contributed by atoms with E-state index in [1.807, 2.05) is 17.9 Å². The van der Waals surface area contributed by atoms with Crippen LogP contribution < -0.4 is 0 Å². The van der Waals surface area contributed by atoms with Gasteiger partial charge in [0.05, 0.1) is 24.7 Å². The van der Waals surface area contributed by atoms with Gasteiger partial charge in [0.25, 0.3) is 0 Å². The van der Waals surface area contributed by atoms with E-state index < -0.39 is 0 Å². The summed E-state index contributed by atoms with van der Waals surface area (Å²) in [5.74, 6) is 0. The number of nitrogens with zero attached hydrogens (tertiary/aromatic N) is 4. The summed E-state index contributed by atoms with van der Waals surface area (Å²) < 4.78 is 7.52. The normalized spacial score (nSPS) is 23.2. The molecule has 3 rings (SSSR count). The maximum absolute atomic E-state index is 9.04. The maximum atomic E-state index is 9.04. The van der Waals surface area contributed by atoms with Crippen LogP contribution in [-0.4, -0.2) is 37.3 Å². The van der Waals surface area contributed by atoms with E-state index in [0.29, 0.717) is 0 Å². The molecule has 93 valence electrons. The van der Waals surface area contributed by atoms with E-state index >= 15 is 0 Å². The number of aliphatic hydroxyl groups excluding tert-OH is 1. The summed E-state index contributed by atoms with van der Waals surface area (Å²) in [7, 11) is 0. The van der Waals surface area contributed by atoms with Crippen molar-refractivity contribution in [1.29, 1.82) is 0 Å². The van der Waals surface area contributed by atoms with Gasteiger partial charge >= 0.3 is 0 Å². The van der Waals surface area contributed by atoms with Gasteiger partial charge in [-0.1, -0.05) is 0 Å². The largest absolute Gasteiger partial charge is 0.394 e. The molecule has 1 aliphatic rings. The summed E-state index contributed by atoms with van der Waals surface area (Å²) in [4.78, 5) is 12.6. The minimum Gasteiger partial charge on any atom is -0.394 e. The Morgan fingerprint density at radius 2 is 2.33 bits per heavy atom. The second-order valence-electron chi connectivity index (χ2n) is 4.09. The van der Waals surface area contributed by atoms with E-state index in [9.17, 15) is 0 Å². The van der Waals surface area contributed by atoms with Crippen molar-refractivity contribution in [3.63, 3.8) is 0 Å². The van der Waals surface area contributed by atoms with Crippen molar-refractivity contribution in [2.24, 2.45) is 0 Å². The molecular weight excluding hydrogens is 309 g/mol. The van der Waals surface area contributed by atoms with Gasteiger partial charge in [0.1, 0.15) is 11.8 Å². The van der Waals surface area contributed by atoms with E-state index in [2.05, 4.69) is 15.0 Å². The molecule has 1 radical (unpaired) electrons. The molecule has 2 aromatic rings. The van der Waals surface area contributed by atoms with E-state index in [1.165, 1.54) is 6.33 Å². The molecule has 6 nitrogen and oxygen atoms in total. The van der Waals surface area contributed by atoms with Crippen molar-refractivity contribution in [3.8, 4) is 0 Å². The zero-order valence-electron chi connectivity index (χ0n) is 10.0. The smallest absolute Gasteiger partial charge is 0.163 e. The molecule has 0 aromatic carbocycles. The molecule has 0 bridgehead atoms. The van der Waals surface area contributed by atoms with Crippen LogP contribution in [0.1, 0.15) is 18.3 Å². The average molecular weight is 322 g/mol. The fraction of sp³-hybridized carbons (Fsp3) is 0.455. The zero-order valence-corrected chi connectivity index (χ0v) is 12.9. The molecule has 7 heteroatoms. The SMILES string of the molecule is Cc1ncnc2c1ncn2C1[CH-]CC(CO)O1.[Y]. The number of fused-ring (bicyclic) bond motifs is 1. The third-order valence-electron chi connectivity index (χ3n) is 2.95. The Morgan fingerprint density at radius 1 is 1.50 bits per heavy atom. The Hall–Kier alpha value is -0.426. The second-order valence-corrected chi connectivity index (χ2v) is 4.09. The van der Waals surface area contributed by atoms with Gasteiger partial charge in [-0.05, 0) is 6.92 Å². The molecule has 2 atom stereocenters. The first kappa shape index (κ1) is 14.0. The first-order valence-electron chi connectivity index (χ1n) is 5.53. The molecule has 2 unspecified atom stereocenters. The van der Waals surface area contributed by atoms with Crippen molar-refractivity contribution < 1.29 is 42.6 Å². The molecule has 0 aliphatic carbocycles. The summed E-state index contributed by atoms with van der Waals surface area (Å²) in [5.41, 5.74) is 2.40. The first-order chi connectivity index (χ1) is 8.29. The fourth-order valence-electron chi connectivity index (χ4n) is 2.03. The molecule has 3 heterocycles. The van der Waals surface area contributed by atoms with Crippen LogP contribution in [0.15, 0.2) is 12.7 Å². The van der Waals surface area contributed by atoms with Gasteiger partial charge in [0.2, 0.25) is 0 Å². The molecule has 0 saturated carbocycles. The zero-order chi connectivity index (χ0) is 11.8. The van der Waals surface area contributed by atoms with Crippen LogP contribution in [0.5, 0.6) is 0 Å². The Balaban J connectivity index is 0.00000120. The van der Waals surface area contributed by atoms with Crippen LogP contribution in [0.25, 0.3) is 11.2 Å². The number of rotatable bonds is 2. The summed E-state index contributed by atoms with van der Waals surface area (Å²) in [6, 6.07) is 0. The molecule has 1 aliphatic heterocycles. The van der Waals surface area contributed by atoms with Gasteiger partial charge in [-0.25, -0.2) is 15.0 Å². The monoisotopic (exact) mass is 322 g/mol. The minimum atomic E-state index is -0.202. The van der Waals surface area contributed by atoms with Gasteiger partial charge in [0.15, 0.2) is 5.65 Å². The van der Waals surface area contributed by atoms with Gasteiger partial charge in [0, 0.05) is 38.9 Å². The molecule has 1 fully saturated rings. The van der Waals surface area contributed by atoms with Gasteiger partial charge in [-0.3, -0.25) is 6.42 Å². The van der Waals surface area contributed by atoms with E-state index in [0.717, 1.165) is 23.3 Å². The fourth-order valence-corrected chi connectivity index (χ4v) is 2.03. The summed E-state index contributed by atoms with van der Waals surface area (Å²) in [6.45, 7) is 1.94. The number of aryl methyl sites for hydroxylation is 1. The van der Waals surface area contributed by atoms with Gasteiger partial charge < -0.3 is 14.4 Å². The maximum Gasteiger partial charge on any atom is 0.163 e. The average Bonchev–Trinajstić information content (AvgIpc) is 2.94. The molecule has 1 saturated heterocycles. The topological polar surface area (TPSA) is 73.1 Å². The predicted molar refractivity (Wildman–Crippen MR) is 60.0 cm³/mol. The third kappa shape index (κ3) is 2.34. The number of imidazole rings is 1. The summed E-state index contributed by atoms with van der Waals surface area (Å²) >= 11 is 0. The van der Waals surface area contributed by atoms with Crippen LogP contribution in [-0.2, 0) is 37.4 Å². The number of aromatic nitrogens is 4. The van der Waals surface area contributed by atoms with E-state index in [4.69, 9.17) is 9.84 Å². The molecule has 0 amide bonds. The van der Waals surface area contributed by atoms with Crippen molar-refractivity contribution in [1.82, 2.24) is 19.5 Å². The van der Waals surface area contributed by atoms with Crippen LogP contribution in [0.3, 0.4) is 0 Å².